The summed E-state index contributed by atoms with van der Waals surface area (Å²) in [6.07, 6.45) is 0.517. The van der Waals surface area contributed by atoms with Crippen LogP contribution in [0.25, 0.3) is 0 Å². The minimum atomic E-state index is -3.00. The number of thiazole rings is 1. The molecule has 134 valence electrons. The summed E-state index contributed by atoms with van der Waals surface area (Å²) in [6.45, 7) is 5.78. The second-order valence-electron chi connectivity index (χ2n) is 6.38. The zero-order valence-corrected chi connectivity index (χ0v) is 15.7. The standard InChI is InChI=1S/C15H23N3O4S2/c1-11-14(15(19)17(2)12-3-8-24(20,21)10-12)23-13(16-11)9-18-4-6-22-7-5-18/h12H,3-10H2,1-2H3. The molecule has 2 fully saturated rings. The molecule has 3 rings (SSSR count). The number of ether oxygens (including phenoxy) is 1. The van der Waals surface area contributed by atoms with Crippen LogP contribution in [0.2, 0.25) is 0 Å². The van der Waals surface area contributed by atoms with Crippen LogP contribution in [0.1, 0.15) is 26.8 Å². The molecule has 0 N–H and O–H groups in total. The first kappa shape index (κ1) is 17.8. The van der Waals surface area contributed by atoms with Crippen molar-refractivity contribution in [3.63, 3.8) is 0 Å². The second-order valence-corrected chi connectivity index (χ2v) is 9.70. The van der Waals surface area contributed by atoms with Gasteiger partial charge in [-0.25, -0.2) is 13.4 Å². The number of sulfone groups is 1. The van der Waals surface area contributed by atoms with E-state index in [0.717, 1.165) is 43.5 Å². The molecule has 7 nitrogen and oxygen atoms in total. The number of hydrogen-bond donors (Lipinski definition) is 0. The van der Waals surface area contributed by atoms with Crippen molar-refractivity contribution in [2.45, 2.75) is 25.9 Å². The second kappa shape index (κ2) is 7.07. The van der Waals surface area contributed by atoms with E-state index in [2.05, 4.69) is 9.88 Å². The van der Waals surface area contributed by atoms with Crippen LogP contribution in [0.5, 0.6) is 0 Å². The molecule has 2 aliphatic rings. The highest BCUT2D eigenvalue weighted by Crippen LogP contribution is 2.24. The lowest BCUT2D eigenvalue weighted by Gasteiger charge is -2.25. The molecule has 0 spiro atoms. The van der Waals surface area contributed by atoms with E-state index in [1.807, 2.05) is 6.92 Å². The molecule has 0 radical (unpaired) electrons. The van der Waals surface area contributed by atoms with E-state index < -0.39 is 9.84 Å². The van der Waals surface area contributed by atoms with Crippen molar-refractivity contribution in [2.75, 3.05) is 44.9 Å². The molecule has 0 saturated carbocycles. The molecule has 2 saturated heterocycles. The first-order chi connectivity index (χ1) is 11.4. The first-order valence-electron chi connectivity index (χ1n) is 8.10. The molecule has 9 heteroatoms. The van der Waals surface area contributed by atoms with Crippen molar-refractivity contribution in [2.24, 2.45) is 0 Å². The summed E-state index contributed by atoms with van der Waals surface area (Å²) >= 11 is 1.41. The van der Waals surface area contributed by atoms with Crippen molar-refractivity contribution < 1.29 is 17.9 Å². The lowest BCUT2D eigenvalue weighted by Crippen LogP contribution is -2.37. The van der Waals surface area contributed by atoms with Gasteiger partial charge >= 0.3 is 0 Å². The largest absolute Gasteiger partial charge is 0.379 e. The quantitative estimate of drug-likeness (QED) is 0.767. The van der Waals surface area contributed by atoms with Crippen molar-refractivity contribution >= 4 is 27.1 Å². The number of aryl methyl sites for hydroxylation is 1. The van der Waals surface area contributed by atoms with Crippen molar-refractivity contribution in [3.8, 4) is 0 Å². The summed E-state index contributed by atoms with van der Waals surface area (Å²) in [5.74, 6) is 0.104. The van der Waals surface area contributed by atoms with E-state index >= 15 is 0 Å². The van der Waals surface area contributed by atoms with E-state index in [0.29, 0.717) is 11.3 Å². The monoisotopic (exact) mass is 373 g/mol. The Morgan fingerprint density at radius 3 is 2.75 bits per heavy atom. The van der Waals surface area contributed by atoms with Gasteiger partial charge in [-0.1, -0.05) is 0 Å². The molecule has 1 aromatic heterocycles. The van der Waals surface area contributed by atoms with Crippen LogP contribution in [0.4, 0.5) is 0 Å². The Kier molecular flexibility index (Phi) is 5.24. The van der Waals surface area contributed by atoms with Gasteiger partial charge in [0.05, 0.1) is 37.0 Å². The van der Waals surface area contributed by atoms with Crippen LogP contribution in [0.15, 0.2) is 0 Å². The summed E-state index contributed by atoms with van der Waals surface area (Å²) in [4.78, 5) is 21.7. The smallest absolute Gasteiger partial charge is 0.265 e. The molecule has 3 heterocycles. The SMILES string of the molecule is Cc1nc(CN2CCOCC2)sc1C(=O)N(C)C1CCS(=O)(=O)C1. The van der Waals surface area contributed by atoms with Gasteiger partial charge in [0.2, 0.25) is 0 Å². The van der Waals surface area contributed by atoms with Crippen molar-refractivity contribution in [1.82, 2.24) is 14.8 Å². The number of morpholine rings is 1. The van der Waals surface area contributed by atoms with E-state index in [9.17, 15) is 13.2 Å². The van der Waals surface area contributed by atoms with E-state index in [1.54, 1.807) is 11.9 Å². The molecular weight excluding hydrogens is 350 g/mol. The van der Waals surface area contributed by atoms with Gasteiger partial charge in [0, 0.05) is 26.2 Å². The maximum absolute atomic E-state index is 12.7. The molecule has 2 aliphatic heterocycles. The number of carbonyl (C=O) groups excluding carboxylic acids is 1. The third-order valence-corrected chi connectivity index (χ3v) is 7.45. The summed E-state index contributed by atoms with van der Waals surface area (Å²) in [5, 5.41) is 0.921. The molecule has 0 bridgehead atoms. The number of hydrogen-bond acceptors (Lipinski definition) is 7. The zero-order chi connectivity index (χ0) is 17.3. The summed E-state index contributed by atoms with van der Waals surface area (Å²) in [6, 6.07) is -0.230. The third kappa shape index (κ3) is 3.96. The molecule has 1 aromatic rings. The highest BCUT2D eigenvalue weighted by molar-refractivity contribution is 7.91. The highest BCUT2D eigenvalue weighted by Gasteiger charge is 2.34. The van der Waals surface area contributed by atoms with E-state index in [4.69, 9.17) is 4.74 Å². The normalized spacial score (nSPS) is 24.2. The first-order valence-corrected chi connectivity index (χ1v) is 10.7. The zero-order valence-electron chi connectivity index (χ0n) is 14.0. The van der Waals surface area contributed by atoms with Gasteiger partial charge in [0.25, 0.3) is 5.91 Å². The van der Waals surface area contributed by atoms with Gasteiger partial charge in [-0.2, -0.15) is 0 Å². The van der Waals surface area contributed by atoms with E-state index in [-0.39, 0.29) is 23.5 Å². The average Bonchev–Trinajstić information content (AvgIpc) is 3.09. The Labute approximate surface area is 146 Å². The summed E-state index contributed by atoms with van der Waals surface area (Å²) < 4.78 is 28.6. The number of nitrogens with zero attached hydrogens (tertiary/aromatic N) is 3. The average molecular weight is 374 g/mol. The highest BCUT2D eigenvalue weighted by atomic mass is 32.2. The number of rotatable bonds is 4. The van der Waals surface area contributed by atoms with Gasteiger partial charge in [0.1, 0.15) is 9.88 Å². The number of amides is 1. The van der Waals surface area contributed by atoms with Crippen LogP contribution in [0.3, 0.4) is 0 Å². The van der Waals surface area contributed by atoms with Crippen molar-refractivity contribution in [1.29, 1.82) is 0 Å². The van der Waals surface area contributed by atoms with Gasteiger partial charge < -0.3 is 9.64 Å². The fourth-order valence-corrected chi connectivity index (χ4v) is 5.94. The molecule has 1 atom stereocenters. The Morgan fingerprint density at radius 2 is 2.12 bits per heavy atom. The van der Waals surface area contributed by atoms with Crippen LogP contribution >= 0.6 is 11.3 Å². The van der Waals surface area contributed by atoms with Gasteiger partial charge in [-0.05, 0) is 13.3 Å². The molecule has 1 amide bonds. The minimum Gasteiger partial charge on any atom is -0.379 e. The van der Waals surface area contributed by atoms with Crippen LogP contribution in [0, 0.1) is 6.92 Å². The van der Waals surface area contributed by atoms with Gasteiger partial charge in [-0.3, -0.25) is 9.69 Å². The lowest BCUT2D eigenvalue weighted by atomic mass is 10.2. The van der Waals surface area contributed by atoms with Crippen LogP contribution in [-0.4, -0.2) is 80.0 Å². The predicted molar refractivity (Wildman–Crippen MR) is 92.1 cm³/mol. The molecular formula is C15H23N3O4S2. The topological polar surface area (TPSA) is 79.8 Å². The lowest BCUT2D eigenvalue weighted by molar-refractivity contribution is 0.0341. The Hall–Kier alpha value is -1.03. The Balaban J connectivity index is 1.68. The Bertz CT molecular complexity index is 710. The Morgan fingerprint density at radius 1 is 1.42 bits per heavy atom. The third-order valence-electron chi connectivity index (χ3n) is 4.57. The molecule has 0 aromatic carbocycles. The molecule has 0 aliphatic carbocycles. The van der Waals surface area contributed by atoms with Gasteiger partial charge in [0.15, 0.2) is 9.84 Å². The maximum Gasteiger partial charge on any atom is 0.265 e. The van der Waals surface area contributed by atoms with Crippen LogP contribution in [-0.2, 0) is 21.1 Å². The van der Waals surface area contributed by atoms with Gasteiger partial charge in [-0.15, -0.1) is 11.3 Å². The summed E-state index contributed by atoms with van der Waals surface area (Å²) in [7, 11) is -1.32. The van der Waals surface area contributed by atoms with Crippen molar-refractivity contribution in [3.05, 3.63) is 15.6 Å². The maximum atomic E-state index is 12.7. The predicted octanol–water partition coefficient (Wildman–Crippen LogP) is 0.543. The molecule has 24 heavy (non-hydrogen) atoms. The van der Waals surface area contributed by atoms with E-state index in [1.165, 1.54) is 11.3 Å². The summed E-state index contributed by atoms with van der Waals surface area (Å²) in [5.41, 5.74) is 0.723. The number of carbonyl (C=O) groups is 1. The minimum absolute atomic E-state index is 0.0632. The van der Waals surface area contributed by atoms with Crippen LogP contribution < -0.4 is 0 Å². The number of aromatic nitrogens is 1. The fraction of sp³-hybridized carbons (Fsp3) is 0.733. The fourth-order valence-electron chi connectivity index (χ4n) is 3.08. The molecule has 1 unspecified atom stereocenters.